The lowest BCUT2D eigenvalue weighted by molar-refractivity contribution is -0.384. The molecule has 7 heteroatoms. The van der Waals surface area contributed by atoms with Gasteiger partial charge in [-0.3, -0.25) is 10.1 Å². The highest BCUT2D eigenvalue weighted by Crippen LogP contribution is 2.25. The summed E-state index contributed by atoms with van der Waals surface area (Å²) < 4.78 is 5.22. The Balaban J connectivity index is 1.83. The average Bonchev–Trinajstić information content (AvgIpc) is 3.10. The number of aromatic nitrogens is 2. The Kier molecular flexibility index (Phi) is 2.96. The van der Waals surface area contributed by atoms with E-state index in [0.29, 0.717) is 17.3 Å². The second-order valence-electron chi connectivity index (χ2n) is 4.41. The van der Waals surface area contributed by atoms with Gasteiger partial charge in [-0.1, -0.05) is 5.16 Å². The third-order valence-corrected chi connectivity index (χ3v) is 3.14. The fourth-order valence-corrected chi connectivity index (χ4v) is 2.12. The van der Waals surface area contributed by atoms with Crippen LogP contribution in [0.4, 0.5) is 5.69 Å². The third kappa shape index (κ3) is 2.32. The van der Waals surface area contributed by atoms with Crippen molar-refractivity contribution in [1.82, 2.24) is 15.5 Å². The summed E-state index contributed by atoms with van der Waals surface area (Å²) in [6.07, 6.45) is 2.09. The van der Waals surface area contributed by atoms with Gasteiger partial charge in [-0.15, -0.1) is 0 Å². The van der Waals surface area contributed by atoms with Crippen molar-refractivity contribution in [2.75, 3.05) is 6.54 Å². The molecule has 3 rings (SSSR count). The lowest BCUT2D eigenvalue weighted by Crippen LogP contribution is -2.12. The van der Waals surface area contributed by atoms with Gasteiger partial charge in [0.25, 0.3) is 5.69 Å². The normalized spacial score (nSPS) is 18.6. The second kappa shape index (κ2) is 4.77. The summed E-state index contributed by atoms with van der Waals surface area (Å²) in [7, 11) is 0. The SMILES string of the molecule is O=[N+]([O-])c1ccc(-c2noc([C@H]3CCCN3)n2)cc1. The molecule has 0 aliphatic carbocycles. The highest BCUT2D eigenvalue weighted by molar-refractivity contribution is 5.56. The standard InChI is InChI=1S/C12H12N4O3/c17-16(18)9-5-3-8(4-6-9)11-14-12(19-15-11)10-2-1-7-13-10/h3-6,10,13H,1-2,7H2/t10-/m1/s1. The zero-order chi connectivity index (χ0) is 13.2. The molecule has 0 saturated carbocycles. The summed E-state index contributed by atoms with van der Waals surface area (Å²) in [5.41, 5.74) is 0.753. The number of nitrogens with one attached hydrogen (secondary N) is 1. The van der Waals surface area contributed by atoms with E-state index in [1.54, 1.807) is 12.1 Å². The van der Waals surface area contributed by atoms with E-state index in [1.807, 2.05) is 0 Å². The van der Waals surface area contributed by atoms with E-state index in [9.17, 15) is 10.1 Å². The maximum absolute atomic E-state index is 10.6. The maximum atomic E-state index is 10.6. The minimum absolute atomic E-state index is 0.0462. The molecule has 2 aromatic rings. The van der Waals surface area contributed by atoms with Crippen LogP contribution in [0.25, 0.3) is 11.4 Å². The van der Waals surface area contributed by atoms with Crippen LogP contribution in [0.2, 0.25) is 0 Å². The monoisotopic (exact) mass is 260 g/mol. The summed E-state index contributed by atoms with van der Waals surface area (Å²) in [5, 5.41) is 17.8. The Morgan fingerprint density at radius 3 is 2.79 bits per heavy atom. The van der Waals surface area contributed by atoms with Crippen LogP contribution in [0.1, 0.15) is 24.8 Å². The van der Waals surface area contributed by atoms with E-state index in [1.165, 1.54) is 12.1 Å². The predicted molar refractivity (Wildman–Crippen MR) is 66.4 cm³/mol. The largest absolute Gasteiger partial charge is 0.337 e. The first kappa shape index (κ1) is 11.8. The lowest BCUT2D eigenvalue weighted by Gasteiger charge is -2.01. The number of nitro benzene ring substituents is 1. The Morgan fingerprint density at radius 1 is 1.37 bits per heavy atom. The summed E-state index contributed by atoms with van der Waals surface area (Å²) in [6, 6.07) is 6.22. The summed E-state index contributed by atoms with van der Waals surface area (Å²) in [5.74, 6) is 1.03. The van der Waals surface area contributed by atoms with E-state index in [-0.39, 0.29) is 11.7 Å². The van der Waals surface area contributed by atoms with Crippen molar-refractivity contribution in [2.45, 2.75) is 18.9 Å². The summed E-state index contributed by atoms with van der Waals surface area (Å²) >= 11 is 0. The maximum Gasteiger partial charge on any atom is 0.269 e. The molecule has 1 N–H and O–H groups in total. The molecule has 1 saturated heterocycles. The predicted octanol–water partition coefficient (Wildman–Crippen LogP) is 2.07. The van der Waals surface area contributed by atoms with E-state index in [4.69, 9.17) is 4.52 Å². The molecule has 1 aromatic carbocycles. The van der Waals surface area contributed by atoms with Crippen molar-refractivity contribution in [3.8, 4) is 11.4 Å². The Morgan fingerprint density at radius 2 is 2.16 bits per heavy atom. The van der Waals surface area contributed by atoms with Gasteiger partial charge >= 0.3 is 0 Å². The molecule has 0 unspecified atom stereocenters. The van der Waals surface area contributed by atoms with E-state index in [2.05, 4.69) is 15.5 Å². The van der Waals surface area contributed by atoms with Crippen LogP contribution < -0.4 is 5.32 Å². The molecule has 1 aliphatic rings. The number of hydrogen-bond donors (Lipinski definition) is 1. The summed E-state index contributed by atoms with van der Waals surface area (Å²) in [6.45, 7) is 0.958. The zero-order valence-corrected chi connectivity index (χ0v) is 10.1. The van der Waals surface area contributed by atoms with Gasteiger partial charge in [0.1, 0.15) is 0 Å². The van der Waals surface area contributed by atoms with Crippen LogP contribution in [0.5, 0.6) is 0 Å². The van der Waals surface area contributed by atoms with Gasteiger partial charge in [-0.25, -0.2) is 0 Å². The van der Waals surface area contributed by atoms with Crippen LogP contribution in [0.15, 0.2) is 28.8 Å². The Bertz CT molecular complexity index is 587. The molecular formula is C12H12N4O3. The van der Waals surface area contributed by atoms with Crippen molar-refractivity contribution >= 4 is 5.69 Å². The average molecular weight is 260 g/mol. The van der Waals surface area contributed by atoms with Crippen LogP contribution in [0, 0.1) is 10.1 Å². The first-order valence-electron chi connectivity index (χ1n) is 6.06. The van der Waals surface area contributed by atoms with E-state index >= 15 is 0 Å². The van der Waals surface area contributed by atoms with Crippen molar-refractivity contribution in [1.29, 1.82) is 0 Å². The number of hydrogen-bond acceptors (Lipinski definition) is 6. The molecule has 1 fully saturated rings. The Labute approximate surface area is 108 Å². The minimum atomic E-state index is -0.437. The van der Waals surface area contributed by atoms with Crippen LogP contribution in [-0.4, -0.2) is 21.6 Å². The number of benzene rings is 1. The fraction of sp³-hybridized carbons (Fsp3) is 0.333. The summed E-state index contributed by atoms with van der Waals surface area (Å²) in [4.78, 5) is 14.5. The van der Waals surface area contributed by atoms with Crippen LogP contribution in [0.3, 0.4) is 0 Å². The Hall–Kier alpha value is -2.28. The van der Waals surface area contributed by atoms with Crippen molar-refractivity contribution in [3.63, 3.8) is 0 Å². The molecular weight excluding hydrogens is 248 g/mol. The van der Waals surface area contributed by atoms with Crippen molar-refractivity contribution in [2.24, 2.45) is 0 Å². The molecule has 2 heterocycles. The fourth-order valence-electron chi connectivity index (χ4n) is 2.12. The van der Waals surface area contributed by atoms with E-state index in [0.717, 1.165) is 19.4 Å². The van der Waals surface area contributed by atoms with Gasteiger partial charge in [0.15, 0.2) is 0 Å². The molecule has 0 radical (unpaired) electrons. The number of rotatable bonds is 3. The molecule has 98 valence electrons. The second-order valence-corrected chi connectivity index (χ2v) is 4.41. The van der Waals surface area contributed by atoms with E-state index < -0.39 is 4.92 Å². The van der Waals surface area contributed by atoms with Gasteiger partial charge in [-0.2, -0.15) is 4.98 Å². The zero-order valence-electron chi connectivity index (χ0n) is 10.1. The van der Waals surface area contributed by atoms with Gasteiger partial charge in [0, 0.05) is 17.7 Å². The lowest BCUT2D eigenvalue weighted by atomic mass is 10.2. The highest BCUT2D eigenvalue weighted by atomic mass is 16.6. The molecule has 0 bridgehead atoms. The molecule has 1 aromatic heterocycles. The number of non-ortho nitro benzene ring substituents is 1. The quantitative estimate of drug-likeness (QED) is 0.670. The first-order chi connectivity index (χ1) is 9.24. The molecule has 1 aliphatic heterocycles. The smallest absolute Gasteiger partial charge is 0.269 e. The molecule has 1 atom stereocenters. The number of nitro groups is 1. The number of nitrogens with zero attached hydrogens (tertiary/aromatic N) is 3. The van der Waals surface area contributed by atoms with Gasteiger partial charge in [0.05, 0.1) is 11.0 Å². The van der Waals surface area contributed by atoms with Crippen molar-refractivity contribution in [3.05, 3.63) is 40.3 Å². The van der Waals surface area contributed by atoms with Crippen LogP contribution >= 0.6 is 0 Å². The molecule has 7 nitrogen and oxygen atoms in total. The molecule has 19 heavy (non-hydrogen) atoms. The van der Waals surface area contributed by atoms with Crippen molar-refractivity contribution < 1.29 is 9.45 Å². The third-order valence-electron chi connectivity index (χ3n) is 3.14. The van der Waals surface area contributed by atoms with Gasteiger partial charge in [-0.05, 0) is 31.5 Å². The minimum Gasteiger partial charge on any atom is -0.337 e. The first-order valence-corrected chi connectivity index (χ1v) is 6.06. The molecule has 0 amide bonds. The molecule has 0 spiro atoms. The topological polar surface area (TPSA) is 94.1 Å². The van der Waals surface area contributed by atoms with Crippen LogP contribution in [-0.2, 0) is 0 Å². The van der Waals surface area contributed by atoms with Gasteiger partial charge < -0.3 is 9.84 Å². The van der Waals surface area contributed by atoms with Gasteiger partial charge in [0.2, 0.25) is 11.7 Å². The highest BCUT2D eigenvalue weighted by Gasteiger charge is 2.22.